The molecule has 0 spiro atoms. The molecule has 168 valence electrons. The van der Waals surface area contributed by atoms with Crippen LogP contribution < -0.4 is 9.96 Å². The van der Waals surface area contributed by atoms with Gasteiger partial charge in [0.15, 0.2) is 6.10 Å². The Bertz CT molecular complexity index is 1280. The number of hydrogen-bond donors (Lipinski definition) is 1. The third-order valence-corrected chi connectivity index (χ3v) is 6.60. The number of phenols is 1. The lowest BCUT2D eigenvalue weighted by Crippen LogP contribution is -2.37. The summed E-state index contributed by atoms with van der Waals surface area (Å²) in [5.41, 5.74) is 3.30. The van der Waals surface area contributed by atoms with Crippen molar-refractivity contribution in [3.63, 3.8) is 0 Å². The highest BCUT2D eigenvalue weighted by molar-refractivity contribution is 6.35. The second-order valence-corrected chi connectivity index (χ2v) is 9.13. The number of amides is 2. The molecule has 0 bridgehead atoms. The van der Waals surface area contributed by atoms with Crippen LogP contribution in [-0.4, -0.2) is 23.0 Å². The molecule has 3 aromatic carbocycles. The quantitative estimate of drug-likeness (QED) is 0.508. The third kappa shape index (κ3) is 3.46. The fraction of sp³-hybridized carbons (Fsp3) is 0.200. The van der Waals surface area contributed by atoms with Crippen molar-refractivity contribution in [2.45, 2.75) is 26.0 Å². The van der Waals surface area contributed by atoms with Crippen LogP contribution in [0.1, 0.15) is 22.7 Å². The molecule has 33 heavy (non-hydrogen) atoms. The van der Waals surface area contributed by atoms with E-state index in [1.807, 2.05) is 44.2 Å². The van der Waals surface area contributed by atoms with Crippen LogP contribution in [-0.2, 0) is 14.4 Å². The highest BCUT2D eigenvalue weighted by Crippen LogP contribution is 2.51. The number of para-hydroxylation sites is 1. The Morgan fingerprint density at radius 3 is 2.36 bits per heavy atom. The van der Waals surface area contributed by atoms with Gasteiger partial charge < -0.3 is 5.11 Å². The van der Waals surface area contributed by atoms with Gasteiger partial charge in [-0.3, -0.25) is 14.4 Å². The molecule has 3 atom stereocenters. The van der Waals surface area contributed by atoms with E-state index in [9.17, 15) is 14.7 Å². The van der Waals surface area contributed by atoms with Crippen LogP contribution in [0.2, 0.25) is 10.0 Å². The Balaban J connectivity index is 1.65. The van der Waals surface area contributed by atoms with E-state index in [2.05, 4.69) is 0 Å². The van der Waals surface area contributed by atoms with E-state index in [0.717, 1.165) is 11.1 Å². The monoisotopic (exact) mass is 482 g/mol. The molecule has 2 aliphatic heterocycles. The first-order valence-corrected chi connectivity index (χ1v) is 11.2. The van der Waals surface area contributed by atoms with Crippen molar-refractivity contribution in [1.29, 1.82) is 0 Å². The number of fused-ring (bicyclic) bond motifs is 1. The SMILES string of the molecule is Cc1ccc(N2C(=O)[C@H]3[C@@H](ON(c4ccccc4)[C@H]3c3cc(Cl)cc(Cl)c3O)C2=O)c(C)c1. The molecule has 0 aliphatic carbocycles. The zero-order valence-corrected chi connectivity index (χ0v) is 19.3. The van der Waals surface area contributed by atoms with Crippen LogP contribution >= 0.6 is 23.2 Å². The first-order valence-electron chi connectivity index (χ1n) is 10.4. The molecule has 5 rings (SSSR count). The van der Waals surface area contributed by atoms with Gasteiger partial charge >= 0.3 is 0 Å². The van der Waals surface area contributed by atoms with E-state index in [-0.39, 0.29) is 10.8 Å². The minimum Gasteiger partial charge on any atom is -0.506 e. The van der Waals surface area contributed by atoms with Crippen molar-refractivity contribution in [2.24, 2.45) is 5.92 Å². The van der Waals surface area contributed by atoms with Crippen molar-refractivity contribution in [3.8, 4) is 5.75 Å². The molecule has 1 N–H and O–H groups in total. The largest absolute Gasteiger partial charge is 0.506 e. The predicted molar refractivity (Wildman–Crippen MR) is 127 cm³/mol. The zero-order valence-electron chi connectivity index (χ0n) is 17.8. The molecule has 2 fully saturated rings. The van der Waals surface area contributed by atoms with Gasteiger partial charge in [0.25, 0.3) is 5.91 Å². The Labute approximate surface area is 200 Å². The Hall–Kier alpha value is -3.06. The molecule has 3 aromatic rings. The van der Waals surface area contributed by atoms with Crippen LogP contribution in [0.5, 0.6) is 5.75 Å². The minimum atomic E-state index is -1.06. The van der Waals surface area contributed by atoms with E-state index >= 15 is 0 Å². The molecule has 6 nitrogen and oxygen atoms in total. The van der Waals surface area contributed by atoms with Crippen LogP contribution in [0, 0.1) is 19.8 Å². The fourth-order valence-corrected chi connectivity index (χ4v) is 5.14. The number of hydrogen-bond acceptors (Lipinski definition) is 5. The summed E-state index contributed by atoms with van der Waals surface area (Å²) in [6.45, 7) is 3.80. The third-order valence-electron chi connectivity index (χ3n) is 6.10. The Kier molecular flexibility index (Phi) is 5.32. The van der Waals surface area contributed by atoms with Gasteiger partial charge in [-0.25, -0.2) is 9.96 Å². The number of aryl methyl sites for hydroxylation is 2. The van der Waals surface area contributed by atoms with Gasteiger partial charge in [-0.05, 0) is 49.7 Å². The second-order valence-electron chi connectivity index (χ2n) is 8.29. The number of nitrogens with zero attached hydrogens (tertiary/aromatic N) is 2. The topological polar surface area (TPSA) is 70.1 Å². The smallest absolute Gasteiger partial charge is 0.266 e. The molecule has 2 aliphatic rings. The molecule has 0 saturated carbocycles. The molecule has 8 heteroatoms. The van der Waals surface area contributed by atoms with E-state index in [4.69, 9.17) is 28.0 Å². The maximum absolute atomic E-state index is 13.7. The summed E-state index contributed by atoms with van der Waals surface area (Å²) in [6, 6.07) is 16.8. The van der Waals surface area contributed by atoms with Gasteiger partial charge in [0, 0.05) is 10.6 Å². The molecule has 0 aromatic heterocycles. The summed E-state index contributed by atoms with van der Waals surface area (Å²) in [5.74, 6) is -1.97. The summed E-state index contributed by atoms with van der Waals surface area (Å²) in [6.07, 6.45) is -1.06. The van der Waals surface area contributed by atoms with Gasteiger partial charge in [-0.2, -0.15) is 0 Å². The van der Waals surface area contributed by atoms with Crippen molar-refractivity contribution in [2.75, 3.05) is 9.96 Å². The van der Waals surface area contributed by atoms with Gasteiger partial charge in [0.05, 0.1) is 22.4 Å². The molecular formula is C25H20Cl2N2O4. The van der Waals surface area contributed by atoms with Crippen LogP contribution in [0.4, 0.5) is 11.4 Å². The lowest BCUT2D eigenvalue weighted by molar-refractivity contribution is -0.126. The highest BCUT2D eigenvalue weighted by Gasteiger charge is 2.61. The molecule has 2 amide bonds. The first-order chi connectivity index (χ1) is 15.8. The number of carbonyl (C=O) groups excluding carboxylic acids is 2. The van der Waals surface area contributed by atoms with Crippen LogP contribution in [0.3, 0.4) is 0 Å². The van der Waals surface area contributed by atoms with Gasteiger partial charge in [0.1, 0.15) is 11.7 Å². The summed E-state index contributed by atoms with van der Waals surface area (Å²) in [7, 11) is 0. The van der Waals surface area contributed by atoms with E-state index < -0.39 is 29.9 Å². The number of aromatic hydroxyl groups is 1. The van der Waals surface area contributed by atoms with Crippen LogP contribution in [0.15, 0.2) is 60.7 Å². The number of rotatable bonds is 3. The number of benzene rings is 3. The maximum Gasteiger partial charge on any atom is 0.266 e. The van der Waals surface area contributed by atoms with Crippen molar-refractivity contribution in [1.82, 2.24) is 0 Å². The predicted octanol–water partition coefficient (Wildman–Crippen LogP) is 5.37. The minimum absolute atomic E-state index is 0.0527. The number of anilines is 2. The summed E-state index contributed by atoms with van der Waals surface area (Å²) in [4.78, 5) is 34.5. The standard InChI is InChI=1S/C25H20Cl2N2O4/c1-13-8-9-19(14(2)10-13)28-24(31)20-21(17-11-15(26)12-18(27)22(17)30)29(33-23(20)25(28)32)16-6-4-3-5-7-16/h3-12,20-21,23,30H,1-2H3/t20-,21+,23-/m1/s1. The molecule has 2 saturated heterocycles. The van der Waals surface area contributed by atoms with E-state index in [1.54, 1.807) is 24.3 Å². The molecular weight excluding hydrogens is 463 g/mol. The molecule has 2 heterocycles. The number of carbonyl (C=O) groups is 2. The normalized spacial score (nSPS) is 22.2. The average Bonchev–Trinajstić information content (AvgIpc) is 3.28. The number of imide groups is 1. The van der Waals surface area contributed by atoms with Gasteiger partial charge in [-0.15, -0.1) is 0 Å². The number of halogens is 2. The second kappa shape index (κ2) is 8.06. The number of phenolic OH excluding ortho intramolecular Hbond substituents is 1. The van der Waals surface area contributed by atoms with Crippen molar-refractivity contribution < 1.29 is 19.5 Å². The van der Waals surface area contributed by atoms with Crippen LogP contribution in [0.25, 0.3) is 0 Å². The highest BCUT2D eigenvalue weighted by atomic mass is 35.5. The molecule has 0 unspecified atom stereocenters. The lowest BCUT2D eigenvalue weighted by Gasteiger charge is -2.29. The van der Waals surface area contributed by atoms with Gasteiger partial charge in [0.2, 0.25) is 5.91 Å². The fourth-order valence-electron chi connectivity index (χ4n) is 4.63. The first kappa shape index (κ1) is 21.8. The van der Waals surface area contributed by atoms with E-state index in [0.29, 0.717) is 22.0 Å². The summed E-state index contributed by atoms with van der Waals surface area (Å²) in [5, 5.41) is 12.6. The lowest BCUT2D eigenvalue weighted by atomic mass is 9.90. The number of hydroxylamine groups is 1. The maximum atomic E-state index is 13.7. The molecule has 0 radical (unpaired) electrons. The average molecular weight is 483 g/mol. The Morgan fingerprint density at radius 1 is 0.939 bits per heavy atom. The van der Waals surface area contributed by atoms with E-state index in [1.165, 1.54) is 16.0 Å². The summed E-state index contributed by atoms with van der Waals surface area (Å²) >= 11 is 12.4. The summed E-state index contributed by atoms with van der Waals surface area (Å²) < 4.78 is 0. The zero-order chi connectivity index (χ0) is 23.4. The van der Waals surface area contributed by atoms with Gasteiger partial charge in [-0.1, -0.05) is 59.1 Å². The van der Waals surface area contributed by atoms with Crippen molar-refractivity contribution in [3.05, 3.63) is 87.4 Å². The van der Waals surface area contributed by atoms with Crippen molar-refractivity contribution >= 4 is 46.4 Å². The Morgan fingerprint density at radius 2 is 1.67 bits per heavy atom.